The molecule has 0 saturated carbocycles. The zero-order valence-electron chi connectivity index (χ0n) is 15.9. The minimum absolute atomic E-state index is 0.0583. The first kappa shape index (κ1) is 21.3. The molecule has 150 valence electrons. The maximum Gasteiger partial charge on any atom is 0.254 e. The molecule has 0 radical (unpaired) electrons. The number of carbonyl (C=O) groups is 2. The van der Waals surface area contributed by atoms with Crippen molar-refractivity contribution >= 4 is 11.8 Å². The Morgan fingerprint density at radius 2 is 1.71 bits per heavy atom. The molecule has 0 aliphatic heterocycles. The van der Waals surface area contributed by atoms with Gasteiger partial charge in [-0.2, -0.15) is 0 Å². The lowest BCUT2D eigenvalue weighted by Crippen LogP contribution is -2.32. The molecule has 0 aromatic heterocycles. The van der Waals surface area contributed by atoms with Crippen LogP contribution in [-0.2, 0) is 11.2 Å². The Labute approximate surface area is 163 Å². The lowest BCUT2D eigenvalue weighted by molar-refractivity contribution is -0.120. The molecular formula is C21H24F2N2O3. The molecule has 0 aliphatic carbocycles. The van der Waals surface area contributed by atoms with Crippen LogP contribution in [-0.4, -0.2) is 31.0 Å². The first-order chi connectivity index (χ1) is 13.3. The fourth-order valence-electron chi connectivity index (χ4n) is 2.50. The zero-order valence-corrected chi connectivity index (χ0v) is 15.9. The topological polar surface area (TPSA) is 67.4 Å². The smallest absolute Gasteiger partial charge is 0.254 e. The Balaban J connectivity index is 1.66. The first-order valence-electron chi connectivity index (χ1n) is 9.10. The van der Waals surface area contributed by atoms with Crippen LogP contribution in [0.2, 0.25) is 0 Å². The van der Waals surface area contributed by atoms with Gasteiger partial charge >= 0.3 is 0 Å². The van der Waals surface area contributed by atoms with E-state index in [2.05, 4.69) is 10.6 Å². The number of hydrogen-bond donors (Lipinski definition) is 2. The normalized spacial score (nSPS) is 10.6. The van der Waals surface area contributed by atoms with Crippen molar-refractivity contribution in [1.82, 2.24) is 10.6 Å². The van der Waals surface area contributed by atoms with Gasteiger partial charge in [0.15, 0.2) is 0 Å². The fourth-order valence-corrected chi connectivity index (χ4v) is 2.50. The molecule has 0 fully saturated rings. The zero-order chi connectivity index (χ0) is 20.5. The second kappa shape index (κ2) is 10.4. The van der Waals surface area contributed by atoms with Gasteiger partial charge in [0.05, 0.1) is 11.7 Å². The third-order valence-corrected chi connectivity index (χ3v) is 3.84. The monoisotopic (exact) mass is 390 g/mol. The summed E-state index contributed by atoms with van der Waals surface area (Å²) in [7, 11) is 0. The average molecular weight is 390 g/mol. The van der Waals surface area contributed by atoms with E-state index in [0.717, 1.165) is 23.4 Å². The van der Waals surface area contributed by atoms with Crippen LogP contribution in [0.3, 0.4) is 0 Å². The van der Waals surface area contributed by atoms with E-state index in [-0.39, 0.29) is 30.5 Å². The van der Waals surface area contributed by atoms with Gasteiger partial charge in [-0.15, -0.1) is 0 Å². The van der Waals surface area contributed by atoms with Gasteiger partial charge in [0.2, 0.25) is 5.91 Å². The summed E-state index contributed by atoms with van der Waals surface area (Å²) in [6.07, 6.45) is 0.849. The van der Waals surface area contributed by atoms with E-state index < -0.39 is 17.5 Å². The summed E-state index contributed by atoms with van der Waals surface area (Å²) in [4.78, 5) is 23.7. The Morgan fingerprint density at radius 1 is 1.00 bits per heavy atom. The summed E-state index contributed by atoms with van der Waals surface area (Å²) in [5.41, 5.74) is 0.809. The number of ether oxygens (including phenoxy) is 1. The molecule has 2 aromatic rings. The predicted molar refractivity (Wildman–Crippen MR) is 102 cm³/mol. The van der Waals surface area contributed by atoms with E-state index >= 15 is 0 Å². The van der Waals surface area contributed by atoms with E-state index in [1.807, 2.05) is 38.1 Å². The van der Waals surface area contributed by atoms with Gasteiger partial charge in [-0.1, -0.05) is 12.1 Å². The number of rotatable bonds is 9. The molecule has 2 rings (SSSR count). The number of carbonyl (C=O) groups excluding carboxylic acids is 2. The largest absolute Gasteiger partial charge is 0.491 e. The van der Waals surface area contributed by atoms with Crippen molar-refractivity contribution in [3.05, 3.63) is 65.2 Å². The van der Waals surface area contributed by atoms with Crippen molar-refractivity contribution in [1.29, 1.82) is 0 Å². The van der Waals surface area contributed by atoms with Crippen molar-refractivity contribution in [3.8, 4) is 5.75 Å². The standard InChI is InChI=1S/C21H24F2N2O3/c1-14(2)28-17-6-3-15(4-7-17)9-11-24-20(26)10-12-25-21(27)18-8-5-16(22)13-19(18)23/h3-8,13-14H,9-12H2,1-2H3,(H,24,26)(H,25,27). The molecule has 7 heteroatoms. The van der Waals surface area contributed by atoms with Crippen molar-refractivity contribution < 1.29 is 23.1 Å². The first-order valence-corrected chi connectivity index (χ1v) is 9.10. The van der Waals surface area contributed by atoms with E-state index in [1.54, 1.807) is 0 Å². The lowest BCUT2D eigenvalue weighted by atomic mass is 10.1. The van der Waals surface area contributed by atoms with Crippen molar-refractivity contribution in [2.24, 2.45) is 0 Å². The van der Waals surface area contributed by atoms with Crippen LogP contribution in [0.15, 0.2) is 42.5 Å². The second-order valence-electron chi connectivity index (χ2n) is 6.54. The summed E-state index contributed by atoms with van der Waals surface area (Å²) in [5.74, 6) is -1.80. The Hall–Kier alpha value is -2.96. The van der Waals surface area contributed by atoms with Gasteiger partial charge in [-0.05, 0) is 50.1 Å². The number of nitrogens with one attached hydrogen (secondary N) is 2. The minimum atomic E-state index is -0.938. The second-order valence-corrected chi connectivity index (χ2v) is 6.54. The average Bonchev–Trinajstić information content (AvgIpc) is 2.62. The van der Waals surface area contributed by atoms with E-state index in [4.69, 9.17) is 4.74 Å². The molecule has 0 heterocycles. The Bertz CT molecular complexity index is 808. The molecule has 0 aliphatic rings. The van der Waals surface area contributed by atoms with Gasteiger partial charge < -0.3 is 15.4 Å². The number of amides is 2. The van der Waals surface area contributed by atoms with Gasteiger partial charge in [-0.3, -0.25) is 9.59 Å². The third-order valence-electron chi connectivity index (χ3n) is 3.84. The van der Waals surface area contributed by atoms with Crippen molar-refractivity contribution in [2.75, 3.05) is 13.1 Å². The molecule has 2 N–H and O–H groups in total. The van der Waals surface area contributed by atoms with Gasteiger partial charge in [0.25, 0.3) is 5.91 Å². The molecule has 0 bridgehead atoms. The highest BCUT2D eigenvalue weighted by molar-refractivity contribution is 5.94. The Morgan fingerprint density at radius 3 is 2.36 bits per heavy atom. The molecule has 0 unspecified atom stereocenters. The summed E-state index contributed by atoms with van der Waals surface area (Å²) in [6.45, 7) is 4.44. The molecule has 0 saturated heterocycles. The van der Waals surface area contributed by atoms with Crippen molar-refractivity contribution in [2.45, 2.75) is 32.8 Å². The van der Waals surface area contributed by atoms with Crippen LogP contribution < -0.4 is 15.4 Å². The van der Waals surface area contributed by atoms with Gasteiger partial charge in [0.1, 0.15) is 17.4 Å². The quantitative estimate of drug-likeness (QED) is 0.691. The van der Waals surface area contributed by atoms with Crippen LogP contribution in [0.1, 0.15) is 36.2 Å². The van der Waals surface area contributed by atoms with Crippen LogP contribution in [0.5, 0.6) is 5.75 Å². The summed E-state index contributed by atoms with van der Waals surface area (Å²) in [6, 6.07) is 10.4. The fraction of sp³-hybridized carbons (Fsp3) is 0.333. The number of halogens is 2. The van der Waals surface area contributed by atoms with Crippen LogP contribution in [0.4, 0.5) is 8.78 Å². The summed E-state index contributed by atoms with van der Waals surface area (Å²) < 4.78 is 31.9. The number of hydrogen-bond acceptors (Lipinski definition) is 3. The van der Waals surface area contributed by atoms with E-state index in [9.17, 15) is 18.4 Å². The summed E-state index contributed by atoms with van der Waals surface area (Å²) >= 11 is 0. The van der Waals surface area contributed by atoms with E-state index in [0.29, 0.717) is 19.0 Å². The highest BCUT2D eigenvalue weighted by Gasteiger charge is 2.12. The van der Waals surface area contributed by atoms with Crippen molar-refractivity contribution in [3.63, 3.8) is 0 Å². The molecule has 0 atom stereocenters. The molecule has 5 nitrogen and oxygen atoms in total. The highest BCUT2D eigenvalue weighted by atomic mass is 19.1. The molecule has 2 aromatic carbocycles. The molecular weight excluding hydrogens is 366 g/mol. The molecule has 28 heavy (non-hydrogen) atoms. The maximum atomic E-state index is 13.5. The summed E-state index contributed by atoms with van der Waals surface area (Å²) in [5, 5.41) is 5.21. The van der Waals surface area contributed by atoms with E-state index in [1.165, 1.54) is 0 Å². The number of benzene rings is 2. The molecule has 2 amide bonds. The minimum Gasteiger partial charge on any atom is -0.491 e. The predicted octanol–water partition coefficient (Wildman–Crippen LogP) is 3.23. The van der Waals surface area contributed by atoms with Crippen LogP contribution >= 0.6 is 0 Å². The van der Waals surface area contributed by atoms with Gasteiger partial charge in [-0.25, -0.2) is 8.78 Å². The maximum absolute atomic E-state index is 13.5. The highest BCUT2D eigenvalue weighted by Crippen LogP contribution is 2.14. The third kappa shape index (κ3) is 6.98. The van der Waals surface area contributed by atoms with Gasteiger partial charge in [0, 0.05) is 25.6 Å². The lowest BCUT2D eigenvalue weighted by Gasteiger charge is -2.10. The van der Waals surface area contributed by atoms with Crippen LogP contribution in [0, 0.1) is 11.6 Å². The molecule has 0 spiro atoms. The SMILES string of the molecule is CC(C)Oc1ccc(CCNC(=O)CCNC(=O)c2ccc(F)cc2F)cc1. The van der Waals surface area contributed by atoms with Crippen LogP contribution in [0.25, 0.3) is 0 Å². The Kier molecular flexibility index (Phi) is 7.92.